The number of aryl methyl sites for hydroxylation is 1. The van der Waals surface area contributed by atoms with Crippen LogP contribution in [0.4, 0.5) is 4.39 Å². The summed E-state index contributed by atoms with van der Waals surface area (Å²) in [4.78, 5) is 23.1. The van der Waals surface area contributed by atoms with Gasteiger partial charge in [0.05, 0.1) is 29.6 Å². The second kappa shape index (κ2) is 11.5. The molecule has 1 amide bonds. The molecule has 0 spiro atoms. The molecule has 3 aromatic heterocycles. The SMILES string of the molecule is CC(NC(=O)c1cn(COCC[Si](C)(C)C)c2ncc(-c3nn(C)c4cc(F)ccc34)nc12)[C@H]1C[C@@H](OS(C)(=O)=O)C1. The molecule has 0 saturated heterocycles. The lowest BCUT2D eigenvalue weighted by Gasteiger charge is -2.38. The Bertz CT molecular complexity index is 1740. The number of ether oxygens (including phenoxy) is 1. The first-order valence-corrected chi connectivity index (χ1v) is 19.5. The van der Waals surface area contributed by atoms with E-state index in [0.717, 1.165) is 17.7 Å². The Balaban J connectivity index is 1.43. The number of nitrogens with zero attached hydrogens (tertiary/aromatic N) is 5. The van der Waals surface area contributed by atoms with Gasteiger partial charge in [-0.15, -0.1) is 0 Å². The number of amides is 1. The van der Waals surface area contributed by atoms with E-state index in [-0.39, 0.29) is 36.5 Å². The van der Waals surface area contributed by atoms with Gasteiger partial charge in [-0.05, 0) is 49.9 Å². The average molecular weight is 617 g/mol. The Morgan fingerprint density at radius 1 is 1.26 bits per heavy atom. The van der Waals surface area contributed by atoms with Crippen molar-refractivity contribution < 1.29 is 26.5 Å². The van der Waals surface area contributed by atoms with Gasteiger partial charge in [-0.2, -0.15) is 13.5 Å². The first-order valence-electron chi connectivity index (χ1n) is 13.9. The highest BCUT2D eigenvalue weighted by Gasteiger charge is 2.37. The van der Waals surface area contributed by atoms with Crippen molar-refractivity contribution in [3.63, 3.8) is 0 Å². The molecule has 14 heteroatoms. The highest BCUT2D eigenvalue weighted by molar-refractivity contribution is 7.86. The summed E-state index contributed by atoms with van der Waals surface area (Å²) in [5.41, 5.74) is 2.85. The lowest BCUT2D eigenvalue weighted by molar-refractivity contribution is 0.0506. The molecule has 1 atom stereocenters. The molecule has 42 heavy (non-hydrogen) atoms. The first-order chi connectivity index (χ1) is 19.7. The maximum Gasteiger partial charge on any atom is 0.264 e. The van der Waals surface area contributed by atoms with Gasteiger partial charge in [0.1, 0.15) is 29.5 Å². The number of hydrogen-bond acceptors (Lipinski definition) is 8. The van der Waals surface area contributed by atoms with E-state index in [9.17, 15) is 17.6 Å². The van der Waals surface area contributed by atoms with Crippen molar-refractivity contribution in [3.05, 3.63) is 42.0 Å². The minimum Gasteiger partial charge on any atom is -0.361 e. The fourth-order valence-electron chi connectivity index (χ4n) is 5.13. The van der Waals surface area contributed by atoms with Crippen LogP contribution in [0.1, 0.15) is 30.1 Å². The summed E-state index contributed by atoms with van der Waals surface area (Å²) in [6.45, 7) is 9.57. The monoisotopic (exact) mass is 616 g/mol. The molecule has 1 aliphatic carbocycles. The molecule has 5 rings (SSSR count). The van der Waals surface area contributed by atoms with E-state index < -0.39 is 18.2 Å². The maximum absolute atomic E-state index is 13.9. The fraction of sp³-hybridized carbons (Fsp3) is 0.500. The molecule has 1 fully saturated rings. The minimum absolute atomic E-state index is 0.0841. The molecule has 0 radical (unpaired) electrons. The number of fused-ring (bicyclic) bond motifs is 2. The summed E-state index contributed by atoms with van der Waals surface area (Å²) in [5.74, 6) is -0.598. The van der Waals surface area contributed by atoms with E-state index in [1.165, 1.54) is 12.1 Å². The van der Waals surface area contributed by atoms with E-state index in [1.54, 1.807) is 34.8 Å². The minimum atomic E-state index is -3.52. The van der Waals surface area contributed by atoms with Crippen molar-refractivity contribution in [3.8, 4) is 11.4 Å². The van der Waals surface area contributed by atoms with E-state index in [0.29, 0.717) is 53.1 Å². The van der Waals surface area contributed by atoms with Crippen LogP contribution in [-0.2, 0) is 32.8 Å². The molecular weight excluding hydrogens is 579 g/mol. The predicted octanol–water partition coefficient (Wildman–Crippen LogP) is 4.31. The zero-order valence-corrected chi connectivity index (χ0v) is 26.5. The van der Waals surface area contributed by atoms with Gasteiger partial charge < -0.3 is 14.6 Å². The Kier molecular flexibility index (Phi) is 8.26. The van der Waals surface area contributed by atoms with Crippen LogP contribution in [0.5, 0.6) is 0 Å². The largest absolute Gasteiger partial charge is 0.361 e. The fourth-order valence-corrected chi connectivity index (χ4v) is 6.54. The number of benzene rings is 1. The van der Waals surface area contributed by atoms with Crippen molar-refractivity contribution >= 4 is 46.2 Å². The van der Waals surface area contributed by atoms with Gasteiger partial charge in [0.15, 0.2) is 5.65 Å². The van der Waals surface area contributed by atoms with Crippen LogP contribution in [0.15, 0.2) is 30.6 Å². The van der Waals surface area contributed by atoms with Gasteiger partial charge in [0, 0.05) is 39.4 Å². The van der Waals surface area contributed by atoms with Gasteiger partial charge in [0.25, 0.3) is 16.0 Å². The number of nitrogens with one attached hydrogen (secondary N) is 1. The van der Waals surface area contributed by atoms with Gasteiger partial charge in [-0.1, -0.05) is 19.6 Å². The first kappa shape index (κ1) is 30.3. The molecule has 1 unspecified atom stereocenters. The summed E-state index contributed by atoms with van der Waals surface area (Å²) >= 11 is 0. The summed E-state index contributed by atoms with van der Waals surface area (Å²) in [6, 6.07) is 5.24. The van der Waals surface area contributed by atoms with Crippen LogP contribution in [0.2, 0.25) is 25.7 Å². The Labute approximate surface area is 245 Å². The molecule has 1 aliphatic rings. The summed E-state index contributed by atoms with van der Waals surface area (Å²) in [6.07, 6.45) is 5.06. The van der Waals surface area contributed by atoms with E-state index in [1.807, 2.05) is 6.92 Å². The standard InChI is InChI=1S/C28H37FN6O5SSi/c1-17(18-11-20(12-18)40-41(3,37)38)31-28(36)22-15-35(16-39-9-10-42(4,5)6)27-26(22)32-23(14-30-27)25-21-8-7-19(29)13-24(21)34(2)33-25/h7-8,13-15,17-18,20H,9-12,16H2,1-6H3,(H,31,36)/t17?,18-,20+. The molecule has 4 aromatic rings. The normalized spacial score (nSPS) is 18.4. The molecule has 11 nitrogen and oxygen atoms in total. The van der Waals surface area contributed by atoms with Crippen molar-refractivity contribution in [1.82, 2.24) is 29.6 Å². The number of hydrogen-bond donors (Lipinski definition) is 1. The van der Waals surface area contributed by atoms with Gasteiger partial charge >= 0.3 is 0 Å². The van der Waals surface area contributed by atoms with Crippen LogP contribution in [0, 0.1) is 11.7 Å². The highest BCUT2D eigenvalue weighted by atomic mass is 32.2. The van der Waals surface area contributed by atoms with E-state index in [2.05, 4.69) is 35.0 Å². The topological polar surface area (TPSA) is 130 Å². The zero-order valence-electron chi connectivity index (χ0n) is 24.7. The Hall–Kier alpha value is -3.20. The maximum atomic E-state index is 13.9. The summed E-state index contributed by atoms with van der Waals surface area (Å²) < 4.78 is 51.1. The molecule has 3 heterocycles. The second-order valence-corrected chi connectivity index (χ2v) is 19.6. The smallest absolute Gasteiger partial charge is 0.264 e. The van der Waals surface area contributed by atoms with Crippen molar-refractivity contribution in [2.75, 3.05) is 12.9 Å². The summed E-state index contributed by atoms with van der Waals surface area (Å²) in [7, 11) is -3.06. The highest BCUT2D eigenvalue weighted by Crippen LogP contribution is 2.34. The van der Waals surface area contributed by atoms with E-state index >= 15 is 0 Å². The van der Waals surface area contributed by atoms with Gasteiger partial charge in [0.2, 0.25) is 0 Å². The van der Waals surface area contributed by atoms with Crippen molar-refractivity contribution in [2.24, 2.45) is 13.0 Å². The molecular formula is C28H37FN6O5SSi. The van der Waals surface area contributed by atoms with Crippen LogP contribution < -0.4 is 5.32 Å². The van der Waals surface area contributed by atoms with Crippen molar-refractivity contribution in [1.29, 1.82) is 0 Å². The number of carbonyl (C=O) groups excluding carboxylic acids is 1. The molecule has 0 aliphatic heterocycles. The third-order valence-electron chi connectivity index (χ3n) is 7.60. The number of carbonyl (C=O) groups is 1. The van der Waals surface area contributed by atoms with E-state index in [4.69, 9.17) is 13.9 Å². The molecule has 0 bridgehead atoms. The van der Waals surface area contributed by atoms with Gasteiger partial charge in [-0.25, -0.2) is 14.4 Å². The van der Waals surface area contributed by atoms with Crippen LogP contribution in [-0.4, -0.2) is 71.7 Å². The Morgan fingerprint density at radius 3 is 2.69 bits per heavy atom. The zero-order chi connectivity index (χ0) is 30.4. The predicted molar refractivity (Wildman–Crippen MR) is 161 cm³/mol. The molecule has 1 aromatic carbocycles. The third-order valence-corrected chi connectivity index (χ3v) is 9.93. The molecule has 1 saturated carbocycles. The lowest BCUT2D eigenvalue weighted by atomic mass is 9.78. The molecule has 226 valence electrons. The second-order valence-electron chi connectivity index (χ2n) is 12.3. The number of halogens is 1. The van der Waals surface area contributed by atoms with Crippen LogP contribution in [0.25, 0.3) is 33.5 Å². The summed E-state index contributed by atoms with van der Waals surface area (Å²) in [5, 5.41) is 8.33. The van der Waals surface area contributed by atoms with Crippen LogP contribution >= 0.6 is 0 Å². The number of aromatic nitrogens is 5. The average Bonchev–Trinajstić information content (AvgIpc) is 3.39. The Morgan fingerprint density at radius 2 is 2.00 bits per heavy atom. The van der Waals surface area contributed by atoms with Gasteiger partial charge in [-0.3, -0.25) is 13.7 Å². The number of rotatable bonds is 11. The van der Waals surface area contributed by atoms with Crippen molar-refractivity contribution in [2.45, 2.75) is 64.3 Å². The molecule has 1 N–H and O–H groups in total. The lowest BCUT2D eigenvalue weighted by Crippen LogP contribution is -2.46. The third kappa shape index (κ3) is 6.71. The quantitative estimate of drug-likeness (QED) is 0.150. The van der Waals surface area contributed by atoms with Crippen LogP contribution in [0.3, 0.4) is 0 Å².